The third-order valence-electron chi connectivity index (χ3n) is 3.91. The van der Waals surface area contributed by atoms with E-state index in [0.29, 0.717) is 26.3 Å². The number of urea groups is 1. The van der Waals surface area contributed by atoms with Gasteiger partial charge in [-0.2, -0.15) is 0 Å². The fourth-order valence-corrected chi connectivity index (χ4v) is 2.52. The second-order valence-corrected chi connectivity index (χ2v) is 5.96. The Kier molecular flexibility index (Phi) is 7.71. The zero-order valence-corrected chi connectivity index (χ0v) is 15.4. The number of ether oxygens (including phenoxy) is 2. The molecule has 0 bridgehead atoms. The first kappa shape index (κ1) is 19.5. The largest absolute Gasteiger partial charge is 0.490 e. The van der Waals surface area contributed by atoms with Crippen LogP contribution in [0.3, 0.4) is 0 Å². The van der Waals surface area contributed by atoms with Crippen molar-refractivity contribution in [3.63, 3.8) is 0 Å². The predicted molar refractivity (Wildman–Crippen MR) is 103 cm³/mol. The molecule has 1 N–H and O–H groups in total. The summed E-state index contributed by atoms with van der Waals surface area (Å²) >= 11 is 0. The molecule has 0 unspecified atom stereocenters. The average molecular weight is 354 g/mol. The molecule has 5 heteroatoms. The van der Waals surface area contributed by atoms with Crippen molar-refractivity contribution in [2.24, 2.45) is 0 Å². The van der Waals surface area contributed by atoms with E-state index in [1.165, 1.54) is 0 Å². The Balaban J connectivity index is 1.86. The van der Waals surface area contributed by atoms with Crippen LogP contribution in [0.15, 0.2) is 61.2 Å². The number of methoxy groups -OCH3 is 1. The predicted octanol–water partition coefficient (Wildman–Crippen LogP) is 3.74. The minimum absolute atomic E-state index is 0.121. The molecule has 5 nitrogen and oxygen atoms in total. The van der Waals surface area contributed by atoms with Crippen LogP contribution in [0.4, 0.5) is 4.79 Å². The van der Waals surface area contributed by atoms with Crippen molar-refractivity contribution < 1.29 is 14.3 Å². The van der Waals surface area contributed by atoms with Crippen LogP contribution >= 0.6 is 0 Å². The summed E-state index contributed by atoms with van der Waals surface area (Å²) < 4.78 is 10.7. The van der Waals surface area contributed by atoms with Crippen molar-refractivity contribution >= 4 is 6.03 Å². The molecule has 0 aromatic heterocycles. The van der Waals surface area contributed by atoms with Crippen LogP contribution in [0.2, 0.25) is 0 Å². The maximum atomic E-state index is 12.3. The highest BCUT2D eigenvalue weighted by Crippen LogP contribution is 2.14. The molecule has 2 amide bonds. The molecule has 138 valence electrons. The van der Waals surface area contributed by atoms with Crippen molar-refractivity contribution in [1.29, 1.82) is 0 Å². The zero-order chi connectivity index (χ0) is 18.8. The summed E-state index contributed by atoms with van der Waals surface area (Å²) in [6.07, 6.45) is 1.71. The molecule has 0 saturated heterocycles. The van der Waals surface area contributed by atoms with Gasteiger partial charge >= 0.3 is 6.03 Å². The molecule has 2 aromatic carbocycles. The number of carbonyl (C=O) groups is 1. The van der Waals surface area contributed by atoms with Gasteiger partial charge in [-0.3, -0.25) is 0 Å². The number of amides is 2. The highest BCUT2D eigenvalue weighted by molar-refractivity contribution is 5.73. The lowest BCUT2D eigenvalue weighted by molar-refractivity contribution is 0.183. The average Bonchev–Trinajstić information content (AvgIpc) is 2.66. The molecule has 0 heterocycles. The van der Waals surface area contributed by atoms with Gasteiger partial charge in [0.15, 0.2) is 0 Å². The van der Waals surface area contributed by atoms with Gasteiger partial charge in [0.1, 0.15) is 12.4 Å². The van der Waals surface area contributed by atoms with E-state index in [4.69, 9.17) is 9.47 Å². The van der Waals surface area contributed by atoms with E-state index in [2.05, 4.69) is 11.9 Å². The van der Waals surface area contributed by atoms with E-state index in [1.807, 2.05) is 48.5 Å². The standard InChI is InChI=1S/C21H26N2O3/c1-4-13-26-20-11-9-17(10-12-20)15-23(2)21(24)22-14-18-7-5-6-8-19(18)16-25-3/h4-12H,1,13-16H2,2-3H3,(H,22,24). The van der Waals surface area contributed by atoms with E-state index in [0.717, 1.165) is 22.4 Å². The minimum atomic E-state index is -0.121. The third kappa shape index (κ3) is 5.93. The van der Waals surface area contributed by atoms with Gasteiger partial charge in [-0.25, -0.2) is 4.79 Å². The molecule has 0 spiro atoms. The Hall–Kier alpha value is -2.79. The van der Waals surface area contributed by atoms with Gasteiger partial charge in [0, 0.05) is 27.2 Å². The second kappa shape index (κ2) is 10.3. The van der Waals surface area contributed by atoms with Crippen LogP contribution in [0.1, 0.15) is 16.7 Å². The van der Waals surface area contributed by atoms with E-state index in [1.54, 1.807) is 25.1 Å². The second-order valence-electron chi connectivity index (χ2n) is 5.96. The molecule has 0 fully saturated rings. The highest BCUT2D eigenvalue weighted by Gasteiger charge is 2.10. The summed E-state index contributed by atoms with van der Waals surface area (Å²) in [4.78, 5) is 14.0. The first-order valence-electron chi connectivity index (χ1n) is 8.51. The molecule has 0 aliphatic heterocycles. The first-order valence-corrected chi connectivity index (χ1v) is 8.51. The van der Waals surface area contributed by atoms with Gasteiger partial charge in [-0.1, -0.05) is 49.1 Å². The molecule has 0 aliphatic rings. The molecule has 26 heavy (non-hydrogen) atoms. The van der Waals surface area contributed by atoms with Crippen LogP contribution in [-0.2, 0) is 24.4 Å². The number of benzene rings is 2. The monoisotopic (exact) mass is 354 g/mol. The summed E-state index contributed by atoms with van der Waals surface area (Å²) in [6, 6.07) is 15.5. The number of nitrogens with zero attached hydrogens (tertiary/aromatic N) is 1. The Labute approximate surface area is 155 Å². The van der Waals surface area contributed by atoms with E-state index in [9.17, 15) is 4.79 Å². The fourth-order valence-electron chi connectivity index (χ4n) is 2.52. The first-order chi connectivity index (χ1) is 12.6. The van der Waals surface area contributed by atoms with Gasteiger partial charge in [0.25, 0.3) is 0 Å². The van der Waals surface area contributed by atoms with Crippen molar-refractivity contribution in [1.82, 2.24) is 10.2 Å². The Morgan fingerprint density at radius 1 is 1.15 bits per heavy atom. The summed E-state index contributed by atoms with van der Waals surface area (Å²) in [5.41, 5.74) is 3.17. The maximum Gasteiger partial charge on any atom is 0.317 e. The van der Waals surface area contributed by atoms with Crippen molar-refractivity contribution in [3.05, 3.63) is 77.9 Å². The molecule has 0 saturated carbocycles. The Morgan fingerprint density at radius 3 is 2.50 bits per heavy atom. The third-order valence-corrected chi connectivity index (χ3v) is 3.91. The summed E-state index contributed by atoms with van der Waals surface area (Å²) in [5.74, 6) is 0.788. The molecule has 0 aliphatic carbocycles. The number of rotatable bonds is 9. The smallest absolute Gasteiger partial charge is 0.317 e. The van der Waals surface area contributed by atoms with E-state index >= 15 is 0 Å². The number of nitrogens with one attached hydrogen (secondary N) is 1. The highest BCUT2D eigenvalue weighted by atomic mass is 16.5. The SMILES string of the molecule is C=CCOc1ccc(CN(C)C(=O)NCc2ccccc2COC)cc1. The van der Waals surface area contributed by atoms with Crippen LogP contribution in [0, 0.1) is 0 Å². The normalized spacial score (nSPS) is 10.2. The van der Waals surface area contributed by atoms with Crippen molar-refractivity contribution in [3.8, 4) is 5.75 Å². The summed E-state index contributed by atoms with van der Waals surface area (Å²) in [7, 11) is 3.44. The molecule has 2 aromatic rings. The van der Waals surface area contributed by atoms with Crippen LogP contribution in [0.25, 0.3) is 0 Å². The lowest BCUT2D eigenvalue weighted by Gasteiger charge is -2.19. The van der Waals surface area contributed by atoms with Crippen molar-refractivity contribution in [2.75, 3.05) is 20.8 Å². The van der Waals surface area contributed by atoms with E-state index in [-0.39, 0.29) is 6.03 Å². The molecular weight excluding hydrogens is 328 g/mol. The number of hydrogen-bond donors (Lipinski definition) is 1. The Bertz CT molecular complexity index is 713. The van der Waals surface area contributed by atoms with Gasteiger partial charge in [-0.15, -0.1) is 0 Å². The Morgan fingerprint density at radius 2 is 1.85 bits per heavy atom. The zero-order valence-electron chi connectivity index (χ0n) is 15.4. The molecule has 0 radical (unpaired) electrons. The quantitative estimate of drug-likeness (QED) is 0.698. The lowest BCUT2D eigenvalue weighted by Crippen LogP contribution is -2.36. The lowest BCUT2D eigenvalue weighted by atomic mass is 10.1. The number of hydrogen-bond acceptors (Lipinski definition) is 3. The topological polar surface area (TPSA) is 50.8 Å². The maximum absolute atomic E-state index is 12.3. The van der Waals surface area contributed by atoms with Gasteiger partial charge in [-0.05, 0) is 28.8 Å². The molecule has 0 atom stereocenters. The summed E-state index contributed by atoms with van der Waals surface area (Å²) in [6.45, 7) is 5.62. The van der Waals surface area contributed by atoms with Gasteiger partial charge in [0.2, 0.25) is 0 Å². The van der Waals surface area contributed by atoms with E-state index < -0.39 is 0 Å². The van der Waals surface area contributed by atoms with Gasteiger partial charge in [0.05, 0.1) is 6.61 Å². The van der Waals surface area contributed by atoms with Crippen molar-refractivity contribution in [2.45, 2.75) is 19.7 Å². The molecule has 2 rings (SSSR count). The minimum Gasteiger partial charge on any atom is -0.490 e. The number of carbonyl (C=O) groups excluding carboxylic acids is 1. The summed E-state index contributed by atoms with van der Waals surface area (Å²) in [5, 5.41) is 2.95. The molecular formula is C21H26N2O3. The van der Waals surface area contributed by atoms with Crippen LogP contribution in [0.5, 0.6) is 5.75 Å². The van der Waals surface area contributed by atoms with Gasteiger partial charge < -0.3 is 19.7 Å². The fraction of sp³-hybridized carbons (Fsp3) is 0.286. The van der Waals surface area contributed by atoms with Crippen LogP contribution in [-0.4, -0.2) is 31.7 Å². The van der Waals surface area contributed by atoms with Crippen LogP contribution < -0.4 is 10.1 Å².